The molecule has 1 heterocycles. The zero-order valence-corrected chi connectivity index (χ0v) is 12.5. The van der Waals surface area contributed by atoms with E-state index in [0.717, 1.165) is 19.2 Å². The molecule has 1 aromatic carbocycles. The fourth-order valence-corrected chi connectivity index (χ4v) is 2.76. The van der Waals surface area contributed by atoms with Crippen LogP contribution in [0.25, 0.3) is 0 Å². The fraction of sp³-hybridized carbons (Fsp3) is 0.400. The van der Waals surface area contributed by atoms with Crippen molar-refractivity contribution < 1.29 is 12.8 Å². The third kappa shape index (κ3) is 4.19. The van der Waals surface area contributed by atoms with E-state index in [2.05, 4.69) is 5.32 Å². The summed E-state index contributed by atoms with van der Waals surface area (Å²) in [6.45, 7) is 2.74. The van der Waals surface area contributed by atoms with Crippen LogP contribution in [-0.4, -0.2) is 34.6 Å². The van der Waals surface area contributed by atoms with Gasteiger partial charge in [-0.25, -0.2) is 17.9 Å². The van der Waals surface area contributed by atoms with Gasteiger partial charge in [0.2, 0.25) is 10.0 Å². The molecule has 1 aromatic rings. The van der Waals surface area contributed by atoms with Gasteiger partial charge in [0, 0.05) is 26.2 Å². The van der Waals surface area contributed by atoms with Crippen LogP contribution in [0.5, 0.6) is 0 Å². The van der Waals surface area contributed by atoms with Gasteiger partial charge in [-0.3, -0.25) is 0 Å². The summed E-state index contributed by atoms with van der Waals surface area (Å²) in [5, 5.41) is 8.20. The second-order valence-corrected chi connectivity index (χ2v) is 5.37. The zero-order valence-electron chi connectivity index (χ0n) is 10.0. The lowest BCUT2D eigenvalue weighted by atomic mass is 10.2. The van der Waals surface area contributed by atoms with Crippen molar-refractivity contribution in [1.82, 2.24) is 5.32 Å². The standard InChI is InChI=1S/C10H14FN3O2S.2ClH/c11-8-2-1-3-9(10(8)17(12,15)16)14-6-4-13-5-7-14;;/h1-3,13H,4-7H2,(H2,12,15,16);2*1H. The van der Waals surface area contributed by atoms with Gasteiger partial charge < -0.3 is 10.2 Å². The normalized spacial score (nSPS) is 15.4. The lowest BCUT2D eigenvalue weighted by Gasteiger charge is -2.30. The van der Waals surface area contributed by atoms with Gasteiger partial charge in [0.25, 0.3) is 0 Å². The summed E-state index contributed by atoms with van der Waals surface area (Å²) in [5.41, 5.74) is 0.342. The number of halogens is 3. The largest absolute Gasteiger partial charge is 0.368 e. The van der Waals surface area contributed by atoms with Crippen molar-refractivity contribution >= 4 is 40.5 Å². The van der Waals surface area contributed by atoms with Crippen molar-refractivity contribution in [3.63, 3.8) is 0 Å². The summed E-state index contributed by atoms with van der Waals surface area (Å²) in [6, 6.07) is 4.17. The molecule has 5 nitrogen and oxygen atoms in total. The van der Waals surface area contributed by atoms with Crippen molar-refractivity contribution in [3.8, 4) is 0 Å². The summed E-state index contributed by atoms with van der Waals surface area (Å²) >= 11 is 0. The van der Waals surface area contributed by atoms with Crippen molar-refractivity contribution in [2.24, 2.45) is 5.14 Å². The second kappa shape index (κ2) is 7.25. The molecule has 0 saturated carbocycles. The number of benzene rings is 1. The number of anilines is 1. The molecule has 1 saturated heterocycles. The molecule has 0 radical (unpaired) electrons. The number of hydrogen-bond donors (Lipinski definition) is 2. The highest BCUT2D eigenvalue weighted by molar-refractivity contribution is 7.89. The van der Waals surface area contributed by atoms with E-state index in [9.17, 15) is 12.8 Å². The molecule has 9 heteroatoms. The third-order valence-corrected chi connectivity index (χ3v) is 3.66. The Morgan fingerprint density at radius 1 is 1.21 bits per heavy atom. The van der Waals surface area contributed by atoms with Crippen molar-refractivity contribution in [3.05, 3.63) is 24.0 Å². The Labute approximate surface area is 124 Å². The molecule has 1 aliphatic heterocycles. The molecular formula is C10H16Cl2FN3O2S. The smallest absolute Gasteiger partial charge is 0.243 e. The summed E-state index contributed by atoms with van der Waals surface area (Å²) in [5.74, 6) is -0.802. The number of nitrogens with one attached hydrogen (secondary N) is 1. The van der Waals surface area contributed by atoms with Crippen LogP contribution in [0.1, 0.15) is 0 Å². The summed E-state index contributed by atoms with van der Waals surface area (Å²) < 4.78 is 36.4. The molecule has 0 atom stereocenters. The van der Waals surface area contributed by atoms with E-state index in [-0.39, 0.29) is 24.8 Å². The van der Waals surface area contributed by atoms with Crippen LogP contribution in [-0.2, 0) is 10.0 Å². The highest BCUT2D eigenvalue weighted by Gasteiger charge is 2.23. The van der Waals surface area contributed by atoms with Gasteiger partial charge >= 0.3 is 0 Å². The average molecular weight is 332 g/mol. The Morgan fingerprint density at radius 2 is 1.79 bits per heavy atom. The van der Waals surface area contributed by atoms with E-state index < -0.39 is 20.7 Å². The Hall–Kier alpha value is -0.600. The van der Waals surface area contributed by atoms with E-state index in [1.807, 2.05) is 4.90 Å². The van der Waals surface area contributed by atoms with Gasteiger partial charge in [-0.1, -0.05) is 6.07 Å². The first-order chi connectivity index (χ1) is 8.00. The van der Waals surface area contributed by atoms with Crippen LogP contribution in [0, 0.1) is 5.82 Å². The fourth-order valence-electron chi connectivity index (χ4n) is 1.93. The van der Waals surface area contributed by atoms with Gasteiger partial charge in [0.1, 0.15) is 10.7 Å². The Kier molecular flexibility index (Phi) is 7.02. The molecule has 3 N–H and O–H groups in total. The highest BCUT2D eigenvalue weighted by atomic mass is 35.5. The minimum atomic E-state index is -4.05. The van der Waals surface area contributed by atoms with Gasteiger partial charge in [-0.05, 0) is 12.1 Å². The predicted molar refractivity (Wildman–Crippen MR) is 77.4 cm³/mol. The van der Waals surface area contributed by atoms with Gasteiger partial charge in [0.05, 0.1) is 5.69 Å². The maximum absolute atomic E-state index is 13.6. The molecule has 0 amide bonds. The number of nitrogens with zero attached hydrogens (tertiary/aromatic N) is 1. The van der Waals surface area contributed by atoms with E-state index in [1.54, 1.807) is 6.07 Å². The summed E-state index contributed by atoms with van der Waals surface area (Å²) in [7, 11) is -4.05. The molecule has 19 heavy (non-hydrogen) atoms. The molecule has 1 aliphatic rings. The first kappa shape index (κ1) is 18.4. The molecular weight excluding hydrogens is 316 g/mol. The lowest BCUT2D eigenvalue weighted by Crippen LogP contribution is -2.44. The van der Waals surface area contributed by atoms with Crippen molar-refractivity contribution in [2.75, 3.05) is 31.1 Å². The Balaban J connectivity index is 0.00000162. The van der Waals surface area contributed by atoms with Crippen molar-refractivity contribution in [2.45, 2.75) is 4.90 Å². The van der Waals surface area contributed by atoms with Crippen LogP contribution in [0.4, 0.5) is 10.1 Å². The van der Waals surface area contributed by atoms with Gasteiger partial charge in [-0.15, -0.1) is 24.8 Å². The number of hydrogen-bond acceptors (Lipinski definition) is 4. The van der Waals surface area contributed by atoms with Gasteiger partial charge in [-0.2, -0.15) is 0 Å². The van der Waals surface area contributed by atoms with Crippen LogP contribution >= 0.6 is 24.8 Å². The van der Waals surface area contributed by atoms with Crippen LogP contribution in [0.3, 0.4) is 0 Å². The molecule has 0 spiro atoms. The molecule has 0 bridgehead atoms. The lowest BCUT2D eigenvalue weighted by molar-refractivity contribution is 0.555. The minimum Gasteiger partial charge on any atom is -0.368 e. The molecule has 0 unspecified atom stereocenters. The van der Waals surface area contributed by atoms with Gasteiger partial charge in [0.15, 0.2) is 0 Å². The average Bonchev–Trinajstić information content (AvgIpc) is 2.28. The zero-order chi connectivity index (χ0) is 12.5. The number of nitrogens with two attached hydrogens (primary N) is 1. The topological polar surface area (TPSA) is 75.4 Å². The Bertz CT molecular complexity index is 522. The molecule has 1 fully saturated rings. The van der Waals surface area contributed by atoms with Crippen LogP contribution < -0.4 is 15.4 Å². The third-order valence-electron chi connectivity index (χ3n) is 2.69. The maximum Gasteiger partial charge on any atom is 0.243 e. The van der Waals surface area contributed by atoms with E-state index >= 15 is 0 Å². The monoisotopic (exact) mass is 331 g/mol. The predicted octanol–water partition coefficient (Wildman–Crippen LogP) is 0.726. The SMILES string of the molecule is Cl.Cl.NS(=O)(=O)c1c(F)cccc1N1CCNCC1. The van der Waals surface area contributed by atoms with Crippen molar-refractivity contribution in [1.29, 1.82) is 0 Å². The van der Waals surface area contributed by atoms with Crippen LogP contribution in [0.2, 0.25) is 0 Å². The number of primary sulfonamides is 1. The quantitative estimate of drug-likeness (QED) is 0.837. The summed E-state index contributed by atoms with van der Waals surface area (Å²) in [6.07, 6.45) is 0. The number of rotatable bonds is 2. The Morgan fingerprint density at radius 3 is 2.32 bits per heavy atom. The van der Waals surface area contributed by atoms with E-state index in [1.165, 1.54) is 6.07 Å². The first-order valence-electron chi connectivity index (χ1n) is 5.27. The molecule has 2 rings (SSSR count). The van der Waals surface area contributed by atoms with Crippen LogP contribution in [0.15, 0.2) is 23.1 Å². The molecule has 0 aliphatic carbocycles. The van der Waals surface area contributed by atoms with E-state index in [4.69, 9.17) is 5.14 Å². The first-order valence-corrected chi connectivity index (χ1v) is 6.82. The second-order valence-electron chi connectivity index (χ2n) is 3.87. The minimum absolute atomic E-state index is 0. The number of piperazine rings is 1. The van der Waals surface area contributed by atoms with E-state index in [0.29, 0.717) is 18.8 Å². The number of sulfonamides is 1. The molecule has 0 aromatic heterocycles. The highest BCUT2D eigenvalue weighted by Crippen LogP contribution is 2.26. The summed E-state index contributed by atoms with van der Waals surface area (Å²) in [4.78, 5) is 1.40. The maximum atomic E-state index is 13.6. The molecule has 110 valence electrons.